The van der Waals surface area contributed by atoms with Crippen LogP contribution in [0.15, 0.2) is 24.5 Å². The molecule has 17 heavy (non-hydrogen) atoms. The molecule has 1 aliphatic rings. The third-order valence-corrected chi connectivity index (χ3v) is 3.18. The van der Waals surface area contributed by atoms with Gasteiger partial charge in [-0.2, -0.15) is 0 Å². The lowest BCUT2D eigenvalue weighted by atomic mass is 10.1. The molecule has 1 saturated carbocycles. The van der Waals surface area contributed by atoms with Gasteiger partial charge in [-0.3, -0.25) is 15.1 Å². The normalized spacial score (nSPS) is 18.5. The molecule has 1 aromatic heterocycles. The zero-order valence-corrected chi connectivity index (χ0v) is 10.2. The van der Waals surface area contributed by atoms with Gasteiger partial charge in [0.05, 0.1) is 7.11 Å². The first-order valence-corrected chi connectivity index (χ1v) is 5.96. The summed E-state index contributed by atoms with van der Waals surface area (Å²) in [4.78, 5) is 15.6. The molecule has 0 radical (unpaired) electrons. The van der Waals surface area contributed by atoms with Crippen molar-refractivity contribution in [3.8, 4) is 0 Å². The highest BCUT2D eigenvalue weighted by Crippen LogP contribution is 2.34. The lowest BCUT2D eigenvalue weighted by molar-refractivity contribution is -0.144. The van der Waals surface area contributed by atoms with Crippen LogP contribution in [-0.4, -0.2) is 24.1 Å². The van der Waals surface area contributed by atoms with Crippen LogP contribution in [0.4, 0.5) is 0 Å². The van der Waals surface area contributed by atoms with Crippen LogP contribution < -0.4 is 5.32 Å². The Hall–Kier alpha value is -1.42. The third-order valence-electron chi connectivity index (χ3n) is 3.18. The summed E-state index contributed by atoms with van der Waals surface area (Å²) in [6.45, 7) is 2.05. The number of hydrogen-bond donors (Lipinski definition) is 1. The maximum absolute atomic E-state index is 11.7. The minimum absolute atomic E-state index is 0.127. The molecule has 1 aromatic rings. The number of rotatable bonds is 5. The summed E-state index contributed by atoms with van der Waals surface area (Å²) in [5.41, 5.74) is 1.13. The van der Waals surface area contributed by atoms with Crippen LogP contribution in [0.25, 0.3) is 0 Å². The van der Waals surface area contributed by atoms with Gasteiger partial charge in [0, 0.05) is 18.4 Å². The molecule has 1 aliphatic carbocycles. The second-order valence-corrected chi connectivity index (χ2v) is 4.51. The van der Waals surface area contributed by atoms with Gasteiger partial charge in [-0.1, -0.05) is 0 Å². The highest BCUT2D eigenvalue weighted by Gasteiger charge is 2.37. The molecular weight excluding hydrogens is 216 g/mol. The molecular formula is C13H18N2O2. The van der Waals surface area contributed by atoms with Crippen molar-refractivity contribution in [2.45, 2.75) is 31.8 Å². The summed E-state index contributed by atoms with van der Waals surface area (Å²) in [5, 5.41) is 3.34. The van der Waals surface area contributed by atoms with E-state index >= 15 is 0 Å². The average molecular weight is 234 g/mol. The molecule has 4 nitrogen and oxygen atoms in total. The van der Waals surface area contributed by atoms with Crippen molar-refractivity contribution in [2.75, 3.05) is 7.11 Å². The Labute approximate surface area is 101 Å². The van der Waals surface area contributed by atoms with E-state index in [0.29, 0.717) is 5.92 Å². The van der Waals surface area contributed by atoms with Crippen LogP contribution in [0, 0.1) is 5.92 Å². The van der Waals surface area contributed by atoms with E-state index in [4.69, 9.17) is 4.74 Å². The van der Waals surface area contributed by atoms with E-state index < -0.39 is 0 Å². The van der Waals surface area contributed by atoms with Crippen LogP contribution in [0.2, 0.25) is 0 Å². The Bertz CT molecular complexity index is 376. The predicted molar refractivity (Wildman–Crippen MR) is 64.3 cm³/mol. The van der Waals surface area contributed by atoms with Gasteiger partial charge in [0.25, 0.3) is 0 Å². The molecule has 0 aromatic carbocycles. The number of carbonyl (C=O) groups is 1. The molecule has 2 atom stereocenters. The number of aromatic nitrogens is 1. The quantitative estimate of drug-likeness (QED) is 0.788. The van der Waals surface area contributed by atoms with Gasteiger partial charge in [0.2, 0.25) is 0 Å². The standard InChI is InChI=1S/C13H18N2O2/c1-9(10-5-7-14-8-6-10)15-12(11-3-4-11)13(16)17-2/h5-9,11-12,15H,3-4H2,1-2H3/t9-,12?/m1/s1. The van der Waals surface area contributed by atoms with Crippen molar-refractivity contribution < 1.29 is 9.53 Å². The number of carbonyl (C=O) groups excluding carboxylic acids is 1. The van der Waals surface area contributed by atoms with Crippen molar-refractivity contribution in [3.05, 3.63) is 30.1 Å². The largest absolute Gasteiger partial charge is 0.468 e. The molecule has 2 rings (SSSR count). The molecule has 4 heteroatoms. The Balaban J connectivity index is 2.00. The van der Waals surface area contributed by atoms with Gasteiger partial charge in [0.1, 0.15) is 6.04 Å². The van der Waals surface area contributed by atoms with Crippen molar-refractivity contribution >= 4 is 5.97 Å². The summed E-state index contributed by atoms with van der Waals surface area (Å²) in [7, 11) is 1.44. The molecule has 1 unspecified atom stereocenters. The number of nitrogens with zero attached hydrogens (tertiary/aromatic N) is 1. The van der Waals surface area contributed by atoms with Crippen LogP contribution in [-0.2, 0) is 9.53 Å². The van der Waals surface area contributed by atoms with Crippen molar-refractivity contribution in [1.82, 2.24) is 10.3 Å². The first kappa shape index (κ1) is 12.0. The Morgan fingerprint density at radius 1 is 1.47 bits per heavy atom. The summed E-state index contributed by atoms with van der Waals surface area (Å²) in [6, 6.07) is 3.86. The second kappa shape index (κ2) is 5.27. The van der Waals surface area contributed by atoms with Crippen LogP contribution in [0.3, 0.4) is 0 Å². The summed E-state index contributed by atoms with van der Waals surface area (Å²) in [6.07, 6.45) is 5.74. The molecule has 0 saturated heterocycles. The van der Waals surface area contributed by atoms with Crippen molar-refractivity contribution in [2.24, 2.45) is 5.92 Å². The zero-order valence-electron chi connectivity index (χ0n) is 10.2. The Morgan fingerprint density at radius 3 is 2.65 bits per heavy atom. The molecule has 0 spiro atoms. The molecule has 0 bridgehead atoms. The second-order valence-electron chi connectivity index (χ2n) is 4.51. The fraction of sp³-hybridized carbons (Fsp3) is 0.538. The molecule has 1 fully saturated rings. The number of pyridine rings is 1. The molecule has 1 N–H and O–H groups in total. The van der Waals surface area contributed by atoms with Gasteiger partial charge < -0.3 is 4.74 Å². The highest BCUT2D eigenvalue weighted by atomic mass is 16.5. The molecule has 0 amide bonds. The Morgan fingerprint density at radius 2 is 2.12 bits per heavy atom. The number of hydrogen-bond acceptors (Lipinski definition) is 4. The van der Waals surface area contributed by atoms with Crippen molar-refractivity contribution in [3.63, 3.8) is 0 Å². The van der Waals surface area contributed by atoms with Gasteiger partial charge in [0.15, 0.2) is 0 Å². The molecule has 1 heterocycles. The first-order chi connectivity index (χ1) is 8.22. The van der Waals surface area contributed by atoms with Crippen LogP contribution in [0.1, 0.15) is 31.4 Å². The minimum Gasteiger partial charge on any atom is -0.468 e. The van der Waals surface area contributed by atoms with Gasteiger partial charge >= 0.3 is 5.97 Å². The SMILES string of the molecule is COC(=O)C(N[C@H](C)c1ccncc1)C1CC1. The van der Waals surface area contributed by atoms with Crippen LogP contribution >= 0.6 is 0 Å². The topological polar surface area (TPSA) is 51.2 Å². The fourth-order valence-electron chi connectivity index (χ4n) is 1.97. The van der Waals surface area contributed by atoms with E-state index in [-0.39, 0.29) is 18.1 Å². The van der Waals surface area contributed by atoms with Gasteiger partial charge in [-0.25, -0.2) is 0 Å². The predicted octanol–water partition coefficient (Wildman–Crippen LogP) is 1.68. The monoisotopic (exact) mass is 234 g/mol. The summed E-state index contributed by atoms with van der Waals surface area (Å²) < 4.78 is 4.84. The van der Waals surface area contributed by atoms with Crippen LogP contribution in [0.5, 0.6) is 0 Å². The molecule has 0 aliphatic heterocycles. The fourth-order valence-corrected chi connectivity index (χ4v) is 1.97. The average Bonchev–Trinajstić information content (AvgIpc) is 3.20. The maximum atomic E-state index is 11.7. The Kier molecular flexibility index (Phi) is 3.74. The summed E-state index contributed by atoms with van der Waals surface area (Å²) >= 11 is 0. The van der Waals surface area contributed by atoms with E-state index in [1.165, 1.54) is 7.11 Å². The highest BCUT2D eigenvalue weighted by molar-refractivity contribution is 5.76. The number of esters is 1. The van der Waals surface area contributed by atoms with E-state index in [1.807, 2.05) is 19.1 Å². The smallest absolute Gasteiger partial charge is 0.323 e. The third kappa shape index (κ3) is 3.03. The van der Waals surface area contributed by atoms with Gasteiger partial charge in [-0.05, 0) is 43.4 Å². The van der Waals surface area contributed by atoms with E-state index in [2.05, 4.69) is 10.3 Å². The number of nitrogens with one attached hydrogen (secondary N) is 1. The van der Waals surface area contributed by atoms with E-state index in [9.17, 15) is 4.79 Å². The number of methoxy groups -OCH3 is 1. The number of ether oxygens (including phenoxy) is 1. The van der Waals surface area contributed by atoms with E-state index in [1.54, 1.807) is 12.4 Å². The lowest BCUT2D eigenvalue weighted by Crippen LogP contribution is -2.40. The zero-order chi connectivity index (χ0) is 12.3. The van der Waals surface area contributed by atoms with Gasteiger partial charge in [-0.15, -0.1) is 0 Å². The van der Waals surface area contributed by atoms with Crippen molar-refractivity contribution in [1.29, 1.82) is 0 Å². The lowest BCUT2D eigenvalue weighted by Gasteiger charge is -2.21. The summed E-state index contributed by atoms with van der Waals surface area (Å²) in [5.74, 6) is 0.278. The first-order valence-electron chi connectivity index (χ1n) is 5.96. The molecule has 92 valence electrons. The van der Waals surface area contributed by atoms with E-state index in [0.717, 1.165) is 18.4 Å². The minimum atomic E-state index is -0.178. The maximum Gasteiger partial charge on any atom is 0.323 e.